The van der Waals surface area contributed by atoms with Gasteiger partial charge in [0.1, 0.15) is 9.71 Å². The van der Waals surface area contributed by atoms with Gasteiger partial charge in [0.25, 0.3) is 0 Å². The number of hydrogen-bond acceptors (Lipinski definition) is 6. The number of fused-ring (bicyclic) bond motifs is 1. The van der Waals surface area contributed by atoms with Gasteiger partial charge in [-0.15, -0.1) is 11.3 Å². The number of halogens is 2. The highest BCUT2D eigenvalue weighted by atomic mass is 35.5. The zero-order valence-corrected chi connectivity index (χ0v) is 14.8. The number of aromatic carboxylic acids is 1. The molecule has 23 heavy (non-hydrogen) atoms. The van der Waals surface area contributed by atoms with Crippen LogP contribution in [0.15, 0.2) is 23.4 Å². The van der Waals surface area contributed by atoms with Crippen LogP contribution in [0.2, 0.25) is 10.0 Å². The predicted molar refractivity (Wildman–Crippen MR) is 96.0 cm³/mol. The Morgan fingerprint density at radius 3 is 2.65 bits per heavy atom. The highest BCUT2D eigenvalue weighted by Crippen LogP contribution is 2.40. The number of thioether (sulfide) groups is 1. The Balaban J connectivity index is 2.37. The maximum atomic E-state index is 11.3. The number of rotatable bonds is 3. The molecule has 118 valence electrons. The molecule has 0 saturated carbocycles. The molecule has 3 rings (SSSR count). The van der Waals surface area contributed by atoms with Gasteiger partial charge in [-0.2, -0.15) is 0 Å². The summed E-state index contributed by atoms with van der Waals surface area (Å²) in [4.78, 5) is 20.7. The number of thiophene rings is 1. The van der Waals surface area contributed by atoms with Crippen LogP contribution in [0.25, 0.3) is 21.5 Å². The molecule has 0 fully saturated rings. The second-order valence-corrected chi connectivity index (χ2v) is 7.10. The Morgan fingerprint density at radius 1 is 1.30 bits per heavy atom. The van der Waals surface area contributed by atoms with E-state index in [1.54, 1.807) is 18.2 Å². The van der Waals surface area contributed by atoms with Gasteiger partial charge < -0.3 is 10.8 Å². The molecule has 1 aromatic carbocycles. The molecule has 0 aliphatic rings. The average molecular weight is 386 g/mol. The smallest absolute Gasteiger partial charge is 0.348 e. The number of benzene rings is 1. The molecule has 0 amide bonds. The fourth-order valence-corrected chi connectivity index (χ4v) is 3.76. The molecule has 0 bridgehead atoms. The first kappa shape index (κ1) is 16.3. The SMILES string of the molecule is CSc1nc(-c2ccc(Cl)c(Cl)c2)c2c(N)c(C(=O)O)sc2n1. The molecule has 2 aromatic heterocycles. The summed E-state index contributed by atoms with van der Waals surface area (Å²) in [5, 5.41) is 11.1. The Kier molecular flexibility index (Phi) is 4.37. The monoisotopic (exact) mass is 385 g/mol. The van der Waals surface area contributed by atoms with E-state index in [2.05, 4.69) is 9.97 Å². The molecule has 3 aromatic rings. The summed E-state index contributed by atoms with van der Waals surface area (Å²) in [5.74, 6) is -1.09. The number of nitrogens with two attached hydrogens (primary N) is 1. The second-order valence-electron chi connectivity index (χ2n) is 4.52. The number of carboxylic acid groups (broad SMARTS) is 1. The lowest BCUT2D eigenvalue weighted by atomic mass is 10.1. The third-order valence-electron chi connectivity index (χ3n) is 3.14. The molecule has 0 spiro atoms. The van der Waals surface area contributed by atoms with Crippen LogP contribution in [0.3, 0.4) is 0 Å². The first-order valence-electron chi connectivity index (χ1n) is 6.25. The van der Waals surface area contributed by atoms with Crippen LogP contribution in [-0.4, -0.2) is 27.3 Å². The molecule has 5 nitrogen and oxygen atoms in total. The van der Waals surface area contributed by atoms with E-state index in [-0.39, 0.29) is 10.6 Å². The molecule has 0 saturated heterocycles. The van der Waals surface area contributed by atoms with Crippen molar-refractivity contribution in [3.05, 3.63) is 33.1 Å². The second kappa shape index (κ2) is 6.16. The van der Waals surface area contributed by atoms with Crippen molar-refractivity contribution in [3.8, 4) is 11.3 Å². The van der Waals surface area contributed by atoms with Crippen LogP contribution in [-0.2, 0) is 0 Å². The topological polar surface area (TPSA) is 89.1 Å². The van der Waals surface area contributed by atoms with E-state index >= 15 is 0 Å². The van der Waals surface area contributed by atoms with E-state index in [0.29, 0.717) is 36.7 Å². The Bertz CT molecular complexity index is 943. The molecule has 0 aliphatic carbocycles. The maximum Gasteiger partial charge on any atom is 0.348 e. The minimum Gasteiger partial charge on any atom is -0.477 e. The maximum absolute atomic E-state index is 11.3. The molecule has 9 heteroatoms. The highest BCUT2D eigenvalue weighted by molar-refractivity contribution is 7.98. The third kappa shape index (κ3) is 2.85. The van der Waals surface area contributed by atoms with Crippen LogP contribution in [0.4, 0.5) is 5.69 Å². The number of nitrogens with zero attached hydrogens (tertiary/aromatic N) is 2. The Hall–Kier alpha value is -1.54. The van der Waals surface area contributed by atoms with Crippen molar-refractivity contribution in [1.29, 1.82) is 0 Å². The van der Waals surface area contributed by atoms with Crippen LogP contribution < -0.4 is 5.73 Å². The van der Waals surface area contributed by atoms with Crippen molar-refractivity contribution in [2.45, 2.75) is 5.16 Å². The van der Waals surface area contributed by atoms with Gasteiger partial charge in [-0.3, -0.25) is 0 Å². The number of anilines is 1. The fourth-order valence-electron chi connectivity index (χ4n) is 2.10. The van der Waals surface area contributed by atoms with Crippen LogP contribution in [0.5, 0.6) is 0 Å². The standard InChI is InChI=1S/C14H9Cl2N3O2S2/c1-22-14-18-10(5-2-3-6(15)7(16)4-5)8-9(17)11(13(20)21)23-12(8)19-14/h2-4H,17H2,1H3,(H,20,21). The zero-order valence-electron chi connectivity index (χ0n) is 11.6. The molecule has 0 aliphatic heterocycles. The van der Waals surface area contributed by atoms with E-state index in [9.17, 15) is 9.90 Å². The summed E-state index contributed by atoms with van der Waals surface area (Å²) in [5.41, 5.74) is 7.42. The van der Waals surface area contributed by atoms with Crippen molar-refractivity contribution < 1.29 is 9.90 Å². The molecule has 3 N–H and O–H groups in total. The number of hydrogen-bond donors (Lipinski definition) is 2. The van der Waals surface area contributed by atoms with Crippen LogP contribution >= 0.6 is 46.3 Å². The van der Waals surface area contributed by atoms with Gasteiger partial charge in [-0.1, -0.05) is 41.0 Å². The number of aromatic nitrogens is 2. The lowest BCUT2D eigenvalue weighted by Gasteiger charge is -2.07. The first-order valence-corrected chi connectivity index (χ1v) is 9.04. The van der Waals surface area contributed by atoms with Crippen molar-refractivity contribution >= 4 is 68.2 Å². The summed E-state index contributed by atoms with van der Waals surface area (Å²) in [7, 11) is 0. The van der Waals surface area contributed by atoms with Gasteiger partial charge in [-0.05, 0) is 18.4 Å². The van der Waals surface area contributed by atoms with Gasteiger partial charge in [0.05, 0.1) is 26.8 Å². The molecule has 0 unspecified atom stereocenters. The highest BCUT2D eigenvalue weighted by Gasteiger charge is 2.21. The van der Waals surface area contributed by atoms with E-state index in [1.165, 1.54) is 11.8 Å². The molecular formula is C14H9Cl2N3O2S2. The minimum atomic E-state index is -1.09. The lowest BCUT2D eigenvalue weighted by molar-refractivity contribution is 0.0703. The third-order valence-corrected chi connectivity index (χ3v) is 5.51. The summed E-state index contributed by atoms with van der Waals surface area (Å²) in [6.07, 6.45) is 1.84. The van der Waals surface area contributed by atoms with E-state index < -0.39 is 5.97 Å². The van der Waals surface area contributed by atoms with E-state index in [1.807, 2.05) is 6.26 Å². The number of nitrogen functional groups attached to an aromatic ring is 1. The summed E-state index contributed by atoms with van der Waals surface area (Å²) in [6, 6.07) is 5.09. The van der Waals surface area contributed by atoms with Crippen molar-refractivity contribution in [1.82, 2.24) is 9.97 Å². The Morgan fingerprint density at radius 2 is 2.04 bits per heavy atom. The quantitative estimate of drug-likeness (QED) is 0.502. The van der Waals surface area contributed by atoms with Gasteiger partial charge in [0.15, 0.2) is 5.16 Å². The largest absolute Gasteiger partial charge is 0.477 e. The summed E-state index contributed by atoms with van der Waals surface area (Å²) in [6.45, 7) is 0. The average Bonchev–Trinajstić information content (AvgIpc) is 2.86. The van der Waals surface area contributed by atoms with Crippen molar-refractivity contribution in [2.75, 3.05) is 12.0 Å². The van der Waals surface area contributed by atoms with E-state index in [4.69, 9.17) is 28.9 Å². The van der Waals surface area contributed by atoms with Crippen LogP contribution in [0, 0.1) is 0 Å². The molecule has 2 heterocycles. The predicted octanol–water partition coefficient (Wildman–Crippen LogP) is 4.67. The summed E-state index contributed by atoms with van der Waals surface area (Å²) >= 11 is 14.4. The van der Waals surface area contributed by atoms with Crippen LogP contribution in [0.1, 0.15) is 9.67 Å². The first-order chi connectivity index (χ1) is 10.9. The van der Waals surface area contributed by atoms with Gasteiger partial charge in [0.2, 0.25) is 0 Å². The van der Waals surface area contributed by atoms with Gasteiger partial charge in [-0.25, -0.2) is 14.8 Å². The number of carboxylic acids is 1. The molecular weight excluding hydrogens is 377 g/mol. The van der Waals surface area contributed by atoms with E-state index in [0.717, 1.165) is 11.3 Å². The van der Waals surface area contributed by atoms with Crippen molar-refractivity contribution in [2.24, 2.45) is 0 Å². The van der Waals surface area contributed by atoms with Gasteiger partial charge >= 0.3 is 5.97 Å². The van der Waals surface area contributed by atoms with Crippen molar-refractivity contribution in [3.63, 3.8) is 0 Å². The Labute approximate surface area is 149 Å². The number of carbonyl (C=O) groups is 1. The minimum absolute atomic E-state index is 0.0499. The lowest BCUT2D eigenvalue weighted by Crippen LogP contribution is -1.98. The normalized spacial score (nSPS) is 11.1. The fraction of sp³-hybridized carbons (Fsp3) is 0.0714. The molecule has 0 radical (unpaired) electrons. The zero-order chi connectivity index (χ0) is 16.7. The molecule has 0 atom stereocenters. The summed E-state index contributed by atoms with van der Waals surface area (Å²) < 4.78 is 0. The van der Waals surface area contributed by atoms with Gasteiger partial charge in [0, 0.05) is 5.56 Å².